The van der Waals surface area contributed by atoms with Crippen LogP contribution in [0.3, 0.4) is 0 Å². The molecule has 0 saturated heterocycles. The highest BCUT2D eigenvalue weighted by Gasteiger charge is 2.21. The maximum atomic E-state index is 12.2. The molecule has 0 aliphatic carbocycles. The third-order valence-corrected chi connectivity index (χ3v) is 4.08. The monoisotopic (exact) mass is 387 g/mol. The van der Waals surface area contributed by atoms with Gasteiger partial charge in [0.1, 0.15) is 6.04 Å². The van der Waals surface area contributed by atoms with Crippen LogP contribution in [0.2, 0.25) is 0 Å². The maximum Gasteiger partial charge on any atom is 0.328 e. The van der Waals surface area contributed by atoms with Crippen molar-refractivity contribution in [1.82, 2.24) is 10.2 Å². The van der Waals surface area contributed by atoms with Gasteiger partial charge in [-0.25, -0.2) is 4.79 Å². The average Bonchev–Trinajstić information content (AvgIpc) is 3.21. The number of nitrogens with one attached hydrogen (secondary N) is 1. The fourth-order valence-corrected chi connectivity index (χ4v) is 2.36. The van der Waals surface area contributed by atoms with Crippen LogP contribution in [-0.4, -0.2) is 56.5 Å². The summed E-state index contributed by atoms with van der Waals surface area (Å²) in [7, 11) is 5.55. The van der Waals surface area contributed by atoms with Gasteiger partial charge in [-0.05, 0) is 36.8 Å². The van der Waals surface area contributed by atoms with Gasteiger partial charge in [0.15, 0.2) is 12.4 Å². The number of anilines is 1. The molecule has 0 bridgehead atoms. The normalized spacial score (nSPS) is 11.4. The molecule has 2 rings (SSSR count). The van der Waals surface area contributed by atoms with Crippen molar-refractivity contribution in [2.75, 3.05) is 32.6 Å². The minimum atomic E-state index is -0.908. The minimum Gasteiger partial charge on any atom is -0.459 e. The SMILES string of the molecule is C[C@H](NC(=O)c1ccco1)C(=O)OCC(=O)N(C)Cc1ccc(N(C)C)cc1. The van der Waals surface area contributed by atoms with E-state index in [0.29, 0.717) is 6.54 Å². The van der Waals surface area contributed by atoms with Gasteiger partial charge in [-0.1, -0.05) is 12.1 Å². The molecule has 2 aromatic rings. The lowest BCUT2D eigenvalue weighted by atomic mass is 10.2. The van der Waals surface area contributed by atoms with Crippen LogP contribution in [0.1, 0.15) is 23.0 Å². The number of rotatable bonds is 8. The minimum absolute atomic E-state index is 0.0933. The van der Waals surface area contributed by atoms with Crippen LogP contribution < -0.4 is 10.2 Å². The van der Waals surface area contributed by atoms with E-state index in [1.54, 1.807) is 13.1 Å². The van der Waals surface area contributed by atoms with Gasteiger partial charge in [-0.15, -0.1) is 0 Å². The molecular formula is C20H25N3O5. The number of nitrogens with zero attached hydrogens (tertiary/aromatic N) is 2. The summed E-state index contributed by atoms with van der Waals surface area (Å²) in [5.41, 5.74) is 2.03. The Balaban J connectivity index is 1.78. The molecule has 0 saturated carbocycles. The van der Waals surface area contributed by atoms with Gasteiger partial charge in [-0.3, -0.25) is 9.59 Å². The molecule has 1 aromatic carbocycles. The molecule has 1 heterocycles. The highest BCUT2D eigenvalue weighted by atomic mass is 16.5. The van der Waals surface area contributed by atoms with Gasteiger partial charge >= 0.3 is 5.97 Å². The zero-order valence-electron chi connectivity index (χ0n) is 16.5. The third kappa shape index (κ3) is 5.87. The maximum absolute atomic E-state index is 12.2. The molecule has 8 heteroatoms. The molecule has 0 unspecified atom stereocenters. The topological polar surface area (TPSA) is 92.1 Å². The summed E-state index contributed by atoms with van der Waals surface area (Å²) >= 11 is 0. The number of esters is 1. The quantitative estimate of drug-likeness (QED) is 0.693. The average molecular weight is 387 g/mol. The van der Waals surface area contributed by atoms with Gasteiger partial charge in [-0.2, -0.15) is 0 Å². The van der Waals surface area contributed by atoms with E-state index < -0.39 is 24.5 Å². The highest BCUT2D eigenvalue weighted by Crippen LogP contribution is 2.13. The second-order valence-electron chi connectivity index (χ2n) is 6.59. The Labute approximate surface area is 164 Å². The second kappa shape index (κ2) is 9.59. The van der Waals surface area contributed by atoms with Crippen LogP contribution in [-0.2, 0) is 20.9 Å². The zero-order valence-corrected chi connectivity index (χ0v) is 16.5. The summed E-state index contributed by atoms with van der Waals surface area (Å²) in [5.74, 6) is -1.47. The van der Waals surface area contributed by atoms with E-state index in [0.717, 1.165) is 11.3 Å². The van der Waals surface area contributed by atoms with Crippen molar-refractivity contribution in [3.05, 3.63) is 54.0 Å². The van der Waals surface area contributed by atoms with Crippen molar-refractivity contribution < 1.29 is 23.5 Å². The summed E-state index contributed by atoms with van der Waals surface area (Å²) in [6.07, 6.45) is 1.36. The Morgan fingerprint density at radius 1 is 1.11 bits per heavy atom. The molecule has 0 fully saturated rings. The van der Waals surface area contributed by atoms with Gasteiger partial charge < -0.3 is 24.3 Å². The highest BCUT2D eigenvalue weighted by molar-refractivity contribution is 5.94. The van der Waals surface area contributed by atoms with E-state index in [9.17, 15) is 14.4 Å². The predicted octanol–water partition coefficient (Wildman–Crippen LogP) is 1.67. The Morgan fingerprint density at radius 3 is 2.36 bits per heavy atom. The Morgan fingerprint density at radius 2 is 1.79 bits per heavy atom. The number of likely N-dealkylation sites (N-methyl/N-ethyl adjacent to an activating group) is 1. The predicted molar refractivity (Wildman–Crippen MR) is 104 cm³/mol. The number of carbonyl (C=O) groups is 3. The van der Waals surface area contributed by atoms with Crippen molar-refractivity contribution in [2.24, 2.45) is 0 Å². The van der Waals surface area contributed by atoms with Gasteiger partial charge in [0.2, 0.25) is 0 Å². The van der Waals surface area contributed by atoms with Gasteiger partial charge in [0.05, 0.1) is 6.26 Å². The zero-order chi connectivity index (χ0) is 20.7. The van der Waals surface area contributed by atoms with Crippen molar-refractivity contribution in [2.45, 2.75) is 19.5 Å². The lowest BCUT2D eigenvalue weighted by Gasteiger charge is -2.19. The van der Waals surface area contributed by atoms with Crippen LogP contribution in [0.25, 0.3) is 0 Å². The number of hydrogen-bond acceptors (Lipinski definition) is 6. The van der Waals surface area contributed by atoms with E-state index in [4.69, 9.17) is 9.15 Å². The first kappa shape index (κ1) is 21.0. The van der Waals surface area contributed by atoms with Crippen molar-refractivity contribution in [3.63, 3.8) is 0 Å². The third-order valence-electron chi connectivity index (χ3n) is 4.08. The molecule has 1 N–H and O–H groups in total. The van der Waals surface area contributed by atoms with E-state index in [2.05, 4.69) is 5.32 Å². The summed E-state index contributed by atoms with van der Waals surface area (Å²) in [5, 5.41) is 2.45. The van der Waals surface area contributed by atoms with Crippen LogP contribution in [0.15, 0.2) is 47.1 Å². The van der Waals surface area contributed by atoms with Gasteiger partial charge in [0, 0.05) is 33.4 Å². The Kier molecular flexibility index (Phi) is 7.20. The molecule has 0 aliphatic heterocycles. The number of carbonyl (C=O) groups excluding carboxylic acids is 3. The molecule has 0 radical (unpaired) electrons. The van der Waals surface area contributed by atoms with E-state index >= 15 is 0 Å². The number of hydrogen-bond donors (Lipinski definition) is 1. The number of benzene rings is 1. The molecule has 150 valence electrons. The Bertz CT molecular complexity index is 800. The van der Waals surface area contributed by atoms with E-state index in [1.807, 2.05) is 43.3 Å². The first-order valence-electron chi connectivity index (χ1n) is 8.79. The molecule has 0 spiro atoms. The first-order chi connectivity index (χ1) is 13.3. The van der Waals surface area contributed by atoms with Gasteiger partial charge in [0.25, 0.3) is 11.8 Å². The van der Waals surface area contributed by atoms with E-state index in [-0.39, 0.29) is 11.7 Å². The molecule has 1 aromatic heterocycles. The Hall–Kier alpha value is -3.29. The second-order valence-corrected chi connectivity index (χ2v) is 6.59. The standard InChI is InChI=1S/C20H25N3O5/c1-14(21-19(25)17-6-5-11-27-17)20(26)28-13-18(24)23(4)12-15-7-9-16(10-8-15)22(2)3/h5-11,14H,12-13H2,1-4H3,(H,21,25)/t14-/m0/s1. The largest absolute Gasteiger partial charge is 0.459 e. The number of furan rings is 1. The molecule has 1 atom stereocenters. The fourth-order valence-electron chi connectivity index (χ4n) is 2.36. The lowest BCUT2D eigenvalue weighted by Crippen LogP contribution is -2.41. The summed E-state index contributed by atoms with van der Waals surface area (Å²) in [6.45, 7) is 1.48. The van der Waals surface area contributed by atoms with Crippen molar-refractivity contribution >= 4 is 23.5 Å². The van der Waals surface area contributed by atoms with Crippen molar-refractivity contribution in [1.29, 1.82) is 0 Å². The lowest BCUT2D eigenvalue weighted by molar-refractivity contribution is -0.153. The summed E-state index contributed by atoms with van der Waals surface area (Å²) in [6, 6.07) is 9.97. The van der Waals surface area contributed by atoms with Crippen molar-refractivity contribution in [3.8, 4) is 0 Å². The number of ether oxygens (including phenoxy) is 1. The molecule has 0 aliphatic rings. The summed E-state index contributed by atoms with van der Waals surface area (Å²) in [4.78, 5) is 39.5. The van der Waals surface area contributed by atoms with Crippen LogP contribution in [0.4, 0.5) is 5.69 Å². The molecule has 8 nitrogen and oxygen atoms in total. The molecular weight excluding hydrogens is 362 g/mol. The fraction of sp³-hybridized carbons (Fsp3) is 0.350. The van der Waals surface area contributed by atoms with Crippen LogP contribution >= 0.6 is 0 Å². The first-order valence-corrected chi connectivity index (χ1v) is 8.79. The number of amides is 2. The smallest absolute Gasteiger partial charge is 0.328 e. The molecule has 28 heavy (non-hydrogen) atoms. The van der Waals surface area contributed by atoms with Crippen LogP contribution in [0, 0.1) is 0 Å². The van der Waals surface area contributed by atoms with Crippen LogP contribution in [0.5, 0.6) is 0 Å². The summed E-state index contributed by atoms with van der Waals surface area (Å²) < 4.78 is 9.97. The molecule has 2 amide bonds. The van der Waals surface area contributed by atoms with E-state index in [1.165, 1.54) is 24.2 Å².